The number of hydrogen-bond acceptors (Lipinski definition) is 1. The molecule has 22 heavy (non-hydrogen) atoms. The molecule has 0 aromatic carbocycles. The van der Waals surface area contributed by atoms with Gasteiger partial charge in [0.25, 0.3) is 0 Å². The lowest BCUT2D eigenvalue weighted by atomic mass is 10.1. The zero-order chi connectivity index (χ0) is 16.3. The third kappa shape index (κ3) is 18.0. The minimum Gasteiger partial charge on any atom is -0.314 e. The van der Waals surface area contributed by atoms with Crippen LogP contribution < -0.4 is 5.32 Å². The second-order valence-electron chi connectivity index (χ2n) is 7.24. The molecule has 0 aliphatic rings. The maximum Gasteiger partial charge on any atom is 0.00387 e. The summed E-state index contributed by atoms with van der Waals surface area (Å²) in [6.45, 7) is 8.17. The normalized spacial score (nSPS) is 12.7. The topological polar surface area (TPSA) is 12.0 Å². The molecule has 1 unspecified atom stereocenters. The van der Waals surface area contributed by atoms with Crippen molar-refractivity contribution in [3.05, 3.63) is 0 Å². The van der Waals surface area contributed by atoms with Crippen LogP contribution in [0.25, 0.3) is 0 Å². The van der Waals surface area contributed by atoms with E-state index in [0.717, 1.165) is 6.04 Å². The summed E-state index contributed by atoms with van der Waals surface area (Å²) < 4.78 is 0. The van der Waals surface area contributed by atoms with Crippen LogP contribution in [0.15, 0.2) is 0 Å². The summed E-state index contributed by atoms with van der Waals surface area (Å²) in [5, 5.41) is 3.70. The Morgan fingerprint density at radius 1 is 0.545 bits per heavy atom. The quantitative estimate of drug-likeness (QED) is 0.263. The van der Waals surface area contributed by atoms with Gasteiger partial charge >= 0.3 is 0 Å². The summed E-state index contributed by atoms with van der Waals surface area (Å²) in [7, 11) is 0. The summed E-state index contributed by atoms with van der Waals surface area (Å²) in [4.78, 5) is 0. The third-order valence-corrected chi connectivity index (χ3v) is 4.76. The number of hydrogen-bond donors (Lipinski definition) is 1. The molecule has 1 N–H and O–H groups in total. The Balaban J connectivity index is 3.09. The average Bonchev–Trinajstić information content (AvgIpc) is 2.52. The lowest BCUT2D eigenvalue weighted by Crippen LogP contribution is -2.26. The molecule has 0 radical (unpaired) electrons. The van der Waals surface area contributed by atoms with Gasteiger partial charge in [0.05, 0.1) is 0 Å². The predicted octanol–water partition coefficient (Wildman–Crippen LogP) is 7.25. The zero-order valence-corrected chi connectivity index (χ0v) is 16.1. The molecule has 0 aromatic rings. The molecular formula is C21H45N. The second kappa shape index (κ2) is 19.0. The van der Waals surface area contributed by atoms with Gasteiger partial charge in [-0.25, -0.2) is 0 Å². The minimum absolute atomic E-state index is 0.722. The van der Waals surface area contributed by atoms with Gasteiger partial charge in [0.1, 0.15) is 0 Å². The molecule has 0 heterocycles. The molecule has 0 bridgehead atoms. The Bertz CT molecular complexity index is 190. The molecule has 0 saturated carbocycles. The average molecular weight is 312 g/mol. The van der Waals surface area contributed by atoms with Crippen LogP contribution in [0, 0.1) is 0 Å². The highest BCUT2D eigenvalue weighted by Gasteiger charge is 2.00. The van der Waals surface area contributed by atoms with Gasteiger partial charge in [0.2, 0.25) is 0 Å². The molecule has 0 saturated heterocycles. The minimum atomic E-state index is 0.722. The molecule has 0 fully saturated rings. The Kier molecular flexibility index (Phi) is 19.0. The monoisotopic (exact) mass is 311 g/mol. The van der Waals surface area contributed by atoms with Gasteiger partial charge in [0.15, 0.2) is 0 Å². The molecule has 0 aromatic heterocycles. The summed E-state index contributed by atoms with van der Waals surface area (Å²) in [6.07, 6.45) is 22.7. The molecule has 0 spiro atoms. The number of unbranched alkanes of at least 4 members (excludes halogenated alkanes) is 13. The molecule has 0 aliphatic heterocycles. The fourth-order valence-corrected chi connectivity index (χ4v) is 3.12. The van der Waals surface area contributed by atoms with Gasteiger partial charge in [-0.05, 0) is 26.3 Å². The van der Waals surface area contributed by atoms with Crippen molar-refractivity contribution in [1.82, 2.24) is 5.32 Å². The number of nitrogens with one attached hydrogen (secondary N) is 1. The van der Waals surface area contributed by atoms with Gasteiger partial charge in [0, 0.05) is 6.04 Å². The molecule has 0 rings (SSSR count). The van der Waals surface area contributed by atoms with Crippen molar-refractivity contribution in [2.45, 2.75) is 130 Å². The maximum atomic E-state index is 3.70. The fourth-order valence-electron chi connectivity index (χ4n) is 3.12. The Morgan fingerprint density at radius 3 is 1.45 bits per heavy atom. The molecule has 1 atom stereocenters. The van der Waals surface area contributed by atoms with Gasteiger partial charge < -0.3 is 5.32 Å². The van der Waals surface area contributed by atoms with E-state index < -0.39 is 0 Å². The predicted molar refractivity (Wildman–Crippen MR) is 103 cm³/mol. The van der Waals surface area contributed by atoms with Crippen molar-refractivity contribution in [1.29, 1.82) is 0 Å². The summed E-state index contributed by atoms with van der Waals surface area (Å²) >= 11 is 0. The molecule has 1 heteroatoms. The molecule has 0 aliphatic carbocycles. The van der Waals surface area contributed by atoms with Crippen LogP contribution in [0.5, 0.6) is 0 Å². The van der Waals surface area contributed by atoms with E-state index in [1.54, 1.807) is 0 Å². The van der Waals surface area contributed by atoms with Crippen molar-refractivity contribution in [3.8, 4) is 0 Å². The first kappa shape index (κ1) is 22.0. The van der Waals surface area contributed by atoms with E-state index in [2.05, 4.69) is 26.1 Å². The van der Waals surface area contributed by atoms with Gasteiger partial charge in [-0.3, -0.25) is 0 Å². The first-order valence-corrected chi connectivity index (χ1v) is 10.5. The van der Waals surface area contributed by atoms with E-state index >= 15 is 0 Å². The smallest absolute Gasteiger partial charge is 0.00387 e. The second-order valence-corrected chi connectivity index (χ2v) is 7.24. The Hall–Kier alpha value is -0.0400. The Labute approximate surface area is 142 Å². The summed E-state index contributed by atoms with van der Waals surface area (Å²) in [6, 6.07) is 0.722. The van der Waals surface area contributed by atoms with Crippen LogP contribution >= 0.6 is 0 Å². The fraction of sp³-hybridized carbons (Fsp3) is 1.00. The first-order chi connectivity index (χ1) is 10.8. The van der Waals surface area contributed by atoms with Crippen LogP contribution in [0.1, 0.15) is 124 Å². The van der Waals surface area contributed by atoms with Crippen molar-refractivity contribution < 1.29 is 0 Å². The van der Waals surface area contributed by atoms with Crippen LogP contribution in [0.4, 0.5) is 0 Å². The summed E-state index contributed by atoms with van der Waals surface area (Å²) in [5.74, 6) is 0. The zero-order valence-electron chi connectivity index (χ0n) is 16.1. The van der Waals surface area contributed by atoms with E-state index in [1.807, 2.05) is 0 Å². The highest BCUT2D eigenvalue weighted by Crippen LogP contribution is 2.10. The first-order valence-electron chi connectivity index (χ1n) is 10.5. The number of rotatable bonds is 18. The van der Waals surface area contributed by atoms with Crippen LogP contribution in [0.2, 0.25) is 0 Å². The lowest BCUT2D eigenvalue weighted by Gasteiger charge is -2.13. The molecule has 134 valence electrons. The molecule has 1 nitrogen and oxygen atoms in total. The van der Waals surface area contributed by atoms with Crippen molar-refractivity contribution in [3.63, 3.8) is 0 Å². The van der Waals surface area contributed by atoms with Crippen molar-refractivity contribution in [2.24, 2.45) is 0 Å². The van der Waals surface area contributed by atoms with E-state index in [1.165, 1.54) is 109 Å². The lowest BCUT2D eigenvalue weighted by molar-refractivity contribution is 0.465. The van der Waals surface area contributed by atoms with Crippen LogP contribution in [-0.2, 0) is 0 Å². The molecular weight excluding hydrogens is 266 g/mol. The maximum absolute atomic E-state index is 3.70. The Morgan fingerprint density at radius 2 is 0.955 bits per heavy atom. The van der Waals surface area contributed by atoms with Crippen LogP contribution in [-0.4, -0.2) is 12.6 Å². The van der Waals surface area contributed by atoms with Crippen LogP contribution in [0.3, 0.4) is 0 Å². The highest BCUT2D eigenvalue weighted by atomic mass is 14.9. The van der Waals surface area contributed by atoms with Gasteiger partial charge in [-0.2, -0.15) is 0 Å². The van der Waals surface area contributed by atoms with E-state index in [9.17, 15) is 0 Å². The van der Waals surface area contributed by atoms with E-state index in [0.29, 0.717) is 0 Å². The standard InChI is InChI=1S/C21H45N/c1-4-6-8-10-11-12-13-14-16-18-20-22-21(3)19-17-15-9-7-5-2/h21-22H,4-20H2,1-3H3. The van der Waals surface area contributed by atoms with Gasteiger partial charge in [-0.15, -0.1) is 0 Å². The van der Waals surface area contributed by atoms with Crippen molar-refractivity contribution in [2.75, 3.05) is 6.54 Å². The SMILES string of the molecule is CCCCCCCCCCCCNC(C)CCCCCCC. The third-order valence-electron chi connectivity index (χ3n) is 4.76. The van der Waals surface area contributed by atoms with E-state index in [-0.39, 0.29) is 0 Å². The van der Waals surface area contributed by atoms with Gasteiger partial charge in [-0.1, -0.05) is 104 Å². The van der Waals surface area contributed by atoms with E-state index in [4.69, 9.17) is 0 Å². The largest absolute Gasteiger partial charge is 0.314 e. The van der Waals surface area contributed by atoms with Crippen molar-refractivity contribution >= 4 is 0 Å². The molecule has 0 amide bonds. The summed E-state index contributed by atoms with van der Waals surface area (Å²) in [5.41, 5.74) is 0. The highest BCUT2D eigenvalue weighted by molar-refractivity contribution is 4.61.